The zero-order valence-corrected chi connectivity index (χ0v) is 11.3. The quantitative estimate of drug-likeness (QED) is 0.668. The van der Waals surface area contributed by atoms with Crippen LogP contribution in [0.25, 0.3) is 0 Å². The molecule has 94 valence electrons. The molecule has 1 amide bonds. The molecule has 4 atom stereocenters. The minimum atomic E-state index is 0.301. The molecule has 3 aliphatic rings. The second-order valence-electron chi connectivity index (χ2n) is 5.67. The van der Waals surface area contributed by atoms with Gasteiger partial charge in [-0.05, 0) is 43.8 Å². The van der Waals surface area contributed by atoms with E-state index in [1.54, 1.807) is 0 Å². The predicted octanol–water partition coefficient (Wildman–Crippen LogP) is 2.55. The Balaban J connectivity index is 1.70. The largest absolute Gasteiger partial charge is 0.339 e. The van der Waals surface area contributed by atoms with Crippen LogP contribution in [0.15, 0.2) is 12.2 Å². The van der Waals surface area contributed by atoms with E-state index in [4.69, 9.17) is 0 Å². The minimum absolute atomic E-state index is 0.301. The molecule has 2 nitrogen and oxygen atoms in total. The summed E-state index contributed by atoms with van der Waals surface area (Å²) >= 11 is 1.99. The molecular weight excluding hydrogens is 230 g/mol. The Kier molecular flexibility index (Phi) is 3.20. The van der Waals surface area contributed by atoms with E-state index in [2.05, 4.69) is 24.0 Å². The number of carbonyl (C=O) groups is 1. The van der Waals surface area contributed by atoms with Crippen LogP contribution in [0.2, 0.25) is 0 Å². The summed E-state index contributed by atoms with van der Waals surface area (Å²) in [6, 6.07) is 0.445. The minimum Gasteiger partial charge on any atom is -0.339 e. The third-order valence-corrected chi connectivity index (χ3v) is 5.56. The van der Waals surface area contributed by atoms with Crippen molar-refractivity contribution in [3.05, 3.63) is 12.2 Å². The standard InChI is InChI=1S/C14H21NOS/c1-10-4-6-17-7-5-15(10)14(16)13-9-11-2-3-12(13)8-11/h2-3,10-13H,4-9H2,1H3. The molecule has 2 fully saturated rings. The van der Waals surface area contributed by atoms with E-state index in [-0.39, 0.29) is 0 Å². The first-order chi connectivity index (χ1) is 8.25. The van der Waals surface area contributed by atoms with Crippen LogP contribution < -0.4 is 0 Å². The Morgan fingerprint density at radius 2 is 2.18 bits per heavy atom. The molecule has 3 rings (SSSR count). The number of rotatable bonds is 1. The third-order valence-electron chi connectivity index (χ3n) is 4.57. The maximum Gasteiger partial charge on any atom is 0.226 e. The van der Waals surface area contributed by atoms with Gasteiger partial charge in [0, 0.05) is 24.3 Å². The molecule has 1 saturated heterocycles. The van der Waals surface area contributed by atoms with Gasteiger partial charge in [0.15, 0.2) is 0 Å². The number of nitrogens with zero attached hydrogens (tertiary/aromatic N) is 1. The summed E-state index contributed by atoms with van der Waals surface area (Å²) in [5.74, 6) is 4.32. The van der Waals surface area contributed by atoms with Crippen LogP contribution in [-0.4, -0.2) is 34.9 Å². The number of allylic oxidation sites excluding steroid dienone is 2. The van der Waals surface area contributed by atoms with E-state index < -0.39 is 0 Å². The van der Waals surface area contributed by atoms with Crippen molar-refractivity contribution >= 4 is 17.7 Å². The van der Waals surface area contributed by atoms with Crippen molar-refractivity contribution in [2.45, 2.75) is 32.2 Å². The van der Waals surface area contributed by atoms with E-state index in [9.17, 15) is 4.79 Å². The second kappa shape index (κ2) is 4.68. The zero-order chi connectivity index (χ0) is 11.8. The molecule has 4 unspecified atom stereocenters. The third kappa shape index (κ3) is 2.14. The van der Waals surface area contributed by atoms with Crippen molar-refractivity contribution in [1.82, 2.24) is 4.90 Å². The van der Waals surface area contributed by atoms with Gasteiger partial charge in [-0.3, -0.25) is 4.79 Å². The Morgan fingerprint density at radius 3 is 2.88 bits per heavy atom. The molecule has 0 spiro atoms. The van der Waals surface area contributed by atoms with Gasteiger partial charge in [-0.2, -0.15) is 11.8 Å². The lowest BCUT2D eigenvalue weighted by Crippen LogP contribution is -2.43. The van der Waals surface area contributed by atoms with Crippen molar-refractivity contribution in [2.24, 2.45) is 17.8 Å². The van der Waals surface area contributed by atoms with Crippen molar-refractivity contribution in [3.8, 4) is 0 Å². The molecule has 2 bridgehead atoms. The molecule has 0 radical (unpaired) electrons. The summed E-state index contributed by atoms with van der Waals surface area (Å²) in [5, 5.41) is 0. The number of amides is 1. The SMILES string of the molecule is CC1CCSCCN1C(=O)C1CC2C=CC1C2. The van der Waals surface area contributed by atoms with Gasteiger partial charge in [-0.15, -0.1) is 0 Å². The number of carbonyl (C=O) groups excluding carboxylic acids is 1. The fraction of sp³-hybridized carbons (Fsp3) is 0.786. The van der Waals surface area contributed by atoms with E-state index in [0.29, 0.717) is 29.7 Å². The first kappa shape index (κ1) is 11.6. The maximum atomic E-state index is 12.6. The Bertz CT molecular complexity index is 341. The monoisotopic (exact) mass is 251 g/mol. The second-order valence-corrected chi connectivity index (χ2v) is 6.89. The maximum absolute atomic E-state index is 12.6. The van der Waals surface area contributed by atoms with Crippen LogP contribution in [0, 0.1) is 17.8 Å². The summed E-state index contributed by atoms with van der Waals surface area (Å²) in [7, 11) is 0. The zero-order valence-electron chi connectivity index (χ0n) is 10.5. The number of hydrogen-bond donors (Lipinski definition) is 0. The van der Waals surface area contributed by atoms with E-state index in [1.165, 1.54) is 12.2 Å². The Labute approximate surface area is 108 Å². The molecule has 1 heterocycles. The van der Waals surface area contributed by atoms with Gasteiger partial charge in [0.05, 0.1) is 0 Å². The van der Waals surface area contributed by atoms with Crippen molar-refractivity contribution in [1.29, 1.82) is 0 Å². The first-order valence-electron chi connectivity index (χ1n) is 6.82. The molecule has 0 aromatic rings. The Hall–Kier alpha value is -0.440. The average Bonchev–Trinajstić information content (AvgIpc) is 2.89. The summed E-state index contributed by atoms with van der Waals surface area (Å²) < 4.78 is 0. The highest BCUT2D eigenvalue weighted by molar-refractivity contribution is 7.99. The van der Waals surface area contributed by atoms with Gasteiger partial charge >= 0.3 is 0 Å². The normalized spacial score (nSPS) is 40.6. The van der Waals surface area contributed by atoms with Crippen LogP contribution in [0.1, 0.15) is 26.2 Å². The van der Waals surface area contributed by atoms with Gasteiger partial charge in [0.1, 0.15) is 0 Å². The lowest BCUT2D eigenvalue weighted by Gasteiger charge is -2.31. The fourth-order valence-electron chi connectivity index (χ4n) is 3.50. The van der Waals surface area contributed by atoms with E-state index >= 15 is 0 Å². The summed E-state index contributed by atoms with van der Waals surface area (Å²) in [5.41, 5.74) is 0. The van der Waals surface area contributed by atoms with Crippen LogP contribution in [0.3, 0.4) is 0 Å². The molecular formula is C14H21NOS. The molecule has 0 N–H and O–H groups in total. The van der Waals surface area contributed by atoms with Gasteiger partial charge < -0.3 is 4.90 Å². The first-order valence-corrected chi connectivity index (χ1v) is 7.97. The summed E-state index contributed by atoms with van der Waals surface area (Å²) in [4.78, 5) is 14.8. The van der Waals surface area contributed by atoms with Crippen molar-refractivity contribution in [2.75, 3.05) is 18.1 Å². The van der Waals surface area contributed by atoms with Gasteiger partial charge in [-0.25, -0.2) is 0 Å². The molecule has 1 aliphatic heterocycles. The van der Waals surface area contributed by atoms with Crippen LogP contribution >= 0.6 is 11.8 Å². The van der Waals surface area contributed by atoms with Crippen LogP contribution in [0.4, 0.5) is 0 Å². The van der Waals surface area contributed by atoms with Crippen molar-refractivity contribution < 1.29 is 4.79 Å². The topological polar surface area (TPSA) is 20.3 Å². The van der Waals surface area contributed by atoms with E-state index in [0.717, 1.165) is 25.1 Å². The molecule has 0 aromatic carbocycles. The van der Waals surface area contributed by atoms with Crippen LogP contribution in [0.5, 0.6) is 0 Å². The van der Waals surface area contributed by atoms with Gasteiger partial charge in [-0.1, -0.05) is 12.2 Å². The fourth-order valence-corrected chi connectivity index (χ4v) is 4.54. The number of thioether (sulfide) groups is 1. The Morgan fingerprint density at radius 1 is 1.29 bits per heavy atom. The highest BCUT2D eigenvalue weighted by Crippen LogP contribution is 2.44. The smallest absolute Gasteiger partial charge is 0.226 e. The summed E-state index contributed by atoms with van der Waals surface area (Å²) in [6.45, 7) is 3.18. The molecule has 1 saturated carbocycles. The van der Waals surface area contributed by atoms with Crippen LogP contribution in [-0.2, 0) is 4.79 Å². The van der Waals surface area contributed by atoms with E-state index in [1.807, 2.05) is 11.8 Å². The lowest BCUT2D eigenvalue weighted by molar-refractivity contribution is -0.138. The summed E-state index contributed by atoms with van der Waals surface area (Å²) in [6.07, 6.45) is 8.10. The van der Waals surface area contributed by atoms with Gasteiger partial charge in [0.25, 0.3) is 0 Å². The number of fused-ring (bicyclic) bond motifs is 2. The molecule has 3 heteroatoms. The molecule has 2 aliphatic carbocycles. The predicted molar refractivity (Wildman–Crippen MR) is 72.0 cm³/mol. The highest BCUT2D eigenvalue weighted by atomic mass is 32.2. The average molecular weight is 251 g/mol. The lowest BCUT2D eigenvalue weighted by atomic mass is 9.91. The molecule has 0 aromatic heterocycles. The van der Waals surface area contributed by atoms with Crippen molar-refractivity contribution in [3.63, 3.8) is 0 Å². The van der Waals surface area contributed by atoms with Gasteiger partial charge in [0.2, 0.25) is 5.91 Å². The number of hydrogen-bond acceptors (Lipinski definition) is 2. The molecule has 17 heavy (non-hydrogen) atoms. The highest BCUT2D eigenvalue weighted by Gasteiger charge is 2.42.